The summed E-state index contributed by atoms with van der Waals surface area (Å²) in [6.07, 6.45) is 5.73. The van der Waals surface area contributed by atoms with Crippen LogP contribution in [0.3, 0.4) is 0 Å². The lowest BCUT2D eigenvalue weighted by molar-refractivity contribution is 0.173. The zero-order chi connectivity index (χ0) is 11.3. The van der Waals surface area contributed by atoms with E-state index in [4.69, 9.17) is 0 Å². The lowest BCUT2D eigenvalue weighted by atomic mass is 9.77. The summed E-state index contributed by atoms with van der Waals surface area (Å²) in [6.45, 7) is 11.9. The molecule has 0 aromatic carbocycles. The molecule has 2 fully saturated rings. The number of nitrogens with one attached hydrogen (secondary N) is 1. The van der Waals surface area contributed by atoms with Crippen molar-refractivity contribution in [3.05, 3.63) is 0 Å². The zero-order valence-electron chi connectivity index (χ0n) is 11.1. The molecule has 1 N–H and O–H groups in total. The SMILES string of the molecule is CC1CC[C@]2(C)C(NC(C)(C)C)CCC12. The van der Waals surface area contributed by atoms with Crippen molar-refractivity contribution in [3.63, 3.8) is 0 Å². The van der Waals surface area contributed by atoms with Gasteiger partial charge in [0, 0.05) is 11.6 Å². The molecule has 0 aromatic rings. The molecule has 4 atom stereocenters. The van der Waals surface area contributed by atoms with Crippen LogP contribution in [0.5, 0.6) is 0 Å². The Labute approximate surface area is 95.0 Å². The first kappa shape index (κ1) is 11.4. The third-order valence-electron chi connectivity index (χ3n) is 4.84. The van der Waals surface area contributed by atoms with Crippen molar-refractivity contribution in [2.75, 3.05) is 0 Å². The van der Waals surface area contributed by atoms with E-state index >= 15 is 0 Å². The highest BCUT2D eigenvalue weighted by Gasteiger charge is 2.52. The molecule has 1 nitrogen and oxygen atoms in total. The Morgan fingerprint density at radius 3 is 2.40 bits per heavy atom. The third kappa shape index (κ3) is 1.95. The highest BCUT2D eigenvalue weighted by atomic mass is 15.0. The maximum absolute atomic E-state index is 3.85. The Morgan fingerprint density at radius 1 is 1.13 bits per heavy atom. The number of rotatable bonds is 1. The molecule has 0 saturated heterocycles. The van der Waals surface area contributed by atoms with E-state index in [0.29, 0.717) is 5.41 Å². The number of hydrogen-bond donors (Lipinski definition) is 1. The first-order valence-electron chi connectivity index (χ1n) is 6.61. The summed E-state index contributed by atoms with van der Waals surface area (Å²) >= 11 is 0. The first-order valence-corrected chi connectivity index (χ1v) is 6.61. The van der Waals surface area contributed by atoms with Gasteiger partial charge in [0.15, 0.2) is 0 Å². The smallest absolute Gasteiger partial charge is 0.0129 e. The minimum absolute atomic E-state index is 0.272. The molecule has 2 saturated carbocycles. The minimum atomic E-state index is 0.272. The predicted molar refractivity (Wildman–Crippen MR) is 65.9 cm³/mol. The summed E-state index contributed by atoms with van der Waals surface area (Å²) in [5.41, 5.74) is 0.862. The van der Waals surface area contributed by atoms with Crippen LogP contribution in [0.15, 0.2) is 0 Å². The van der Waals surface area contributed by atoms with Gasteiger partial charge in [-0.1, -0.05) is 13.8 Å². The Kier molecular flexibility index (Phi) is 2.65. The van der Waals surface area contributed by atoms with Crippen molar-refractivity contribution in [1.29, 1.82) is 0 Å². The molecular formula is C14H27N. The Morgan fingerprint density at radius 2 is 1.80 bits per heavy atom. The van der Waals surface area contributed by atoms with Gasteiger partial charge < -0.3 is 5.32 Å². The van der Waals surface area contributed by atoms with E-state index in [-0.39, 0.29) is 5.54 Å². The fourth-order valence-corrected chi connectivity index (χ4v) is 4.06. The lowest BCUT2D eigenvalue weighted by Gasteiger charge is -2.37. The van der Waals surface area contributed by atoms with Crippen molar-refractivity contribution < 1.29 is 0 Å². The molecule has 3 unspecified atom stereocenters. The second-order valence-corrected chi connectivity index (χ2v) is 7.15. The largest absolute Gasteiger partial charge is 0.309 e. The van der Waals surface area contributed by atoms with Gasteiger partial charge in [0.1, 0.15) is 0 Å². The van der Waals surface area contributed by atoms with Crippen molar-refractivity contribution in [3.8, 4) is 0 Å². The third-order valence-corrected chi connectivity index (χ3v) is 4.84. The van der Waals surface area contributed by atoms with Gasteiger partial charge in [-0.25, -0.2) is 0 Å². The Bertz CT molecular complexity index is 240. The predicted octanol–water partition coefficient (Wildman–Crippen LogP) is 3.59. The quantitative estimate of drug-likeness (QED) is 0.696. The van der Waals surface area contributed by atoms with Gasteiger partial charge in [0.05, 0.1) is 0 Å². The molecule has 0 aromatic heterocycles. The molecule has 0 spiro atoms. The Hall–Kier alpha value is -0.0400. The molecule has 0 amide bonds. The summed E-state index contributed by atoms with van der Waals surface area (Å²) in [4.78, 5) is 0. The maximum Gasteiger partial charge on any atom is 0.0129 e. The summed E-state index contributed by atoms with van der Waals surface area (Å²) in [5.74, 6) is 1.94. The molecule has 88 valence electrons. The van der Waals surface area contributed by atoms with E-state index in [1.54, 1.807) is 0 Å². The van der Waals surface area contributed by atoms with Crippen LogP contribution in [-0.2, 0) is 0 Å². The van der Waals surface area contributed by atoms with Crippen molar-refractivity contribution in [1.82, 2.24) is 5.32 Å². The van der Waals surface area contributed by atoms with Crippen LogP contribution >= 0.6 is 0 Å². The number of hydrogen-bond acceptors (Lipinski definition) is 1. The van der Waals surface area contributed by atoms with Gasteiger partial charge in [-0.2, -0.15) is 0 Å². The average molecular weight is 209 g/mol. The minimum Gasteiger partial charge on any atom is -0.309 e. The van der Waals surface area contributed by atoms with E-state index in [0.717, 1.165) is 17.9 Å². The molecule has 2 aliphatic carbocycles. The van der Waals surface area contributed by atoms with E-state index in [9.17, 15) is 0 Å². The molecule has 2 aliphatic rings. The fraction of sp³-hybridized carbons (Fsp3) is 1.00. The lowest BCUT2D eigenvalue weighted by Crippen LogP contribution is -2.49. The van der Waals surface area contributed by atoms with Crippen LogP contribution in [0, 0.1) is 17.3 Å². The highest BCUT2D eigenvalue weighted by molar-refractivity contribution is 5.05. The number of fused-ring (bicyclic) bond motifs is 1. The van der Waals surface area contributed by atoms with E-state index in [1.165, 1.54) is 25.7 Å². The molecule has 0 bridgehead atoms. The Balaban J connectivity index is 2.10. The molecule has 0 aliphatic heterocycles. The van der Waals surface area contributed by atoms with Crippen LogP contribution in [0.4, 0.5) is 0 Å². The van der Waals surface area contributed by atoms with Crippen LogP contribution in [-0.4, -0.2) is 11.6 Å². The van der Waals surface area contributed by atoms with Crippen molar-refractivity contribution in [2.24, 2.45) is 17.3 Å². The topological polar surface area (TPSA) is 12.0 Å². The monoisotopic (exact) mass is 209 g/mol. The standard InChI is InChI=1S/C14H27N/c1-10-8-9-14(5)11(10)6-7-12(14)15-13(2,3)4/h10-12,15H,6-9H2,1-5H3/t10?,11?,12?,14-/m0/s1. The maximum atomic E-state index is 3.85. The summed E-state index contributed by atoms with van der Waals surface area (Å²) in [7, 11) is 0. The highest BCUT2D eigenvalue weighted by Crippen LogP contribution is 2.56. The van der Waals surface area contributed by atoms with Gasteiger partial charge in [-0.15, -0.1) is 0 Å². The van der Waals surface area contributed by atoms with Crippen molar-refractivity contribution in [2.45, 2.75) is 71.9 Å². The van der Waals surface area contributed by atoms with E-state index in [2.05, 4.69) is 39.9 Å². The molecular weight excluding hydrogens is 182 g/mol. The van der Waals surface area contributed by atoms with Gasteiger partial charge in [-0.3, -0.25) is 0 Å². The molecule has 15 heavy (non-hydrogen) atoms. The summed E-state index contributed by atoms with van der Waals surface area (Å²) in [6, 6.07) is 0.757. The second-order valence-electron chi connectivity index (χ2n) is 7.15. The zero-order valence-corrected chi connectivity index (χ0v) is 11.1. The van der Waals surface area contributed by atoms with Gasteiger partial charge in [0.2, 0.25) is 0 Å². The van der Waals surface area contributed by atoms with Gasteiger partial charge >= 0.3 is 0 Å². The summed E-state index contributed by atoms with van der Waals surface area (Å²) < 4.78 is 0. The van der Waals surface area contributed by atoms with Gasteiger partial charge in [0.25, 0.3) is 0 Å². The van der Waals surface area contributed by atoms with Gasteiger partial charge in [-0.05, 0) is 63.7 Å². The normalized spacial score (nSPS) is 45.8. The van der Waals surface area contributed by atoms with Crippen LogP contribution in [0.1, 0.15) is 60.3 Å². The van der Waals surface area contributed by atoms with Crippen LogP contribution in [0.25, 0.3) is 0 Å². The summed E-state index contributed by atoms with van der Waals surface area (Å²) in [5, 5.41) is 3.85. The molecule has 2 rings (SSSR count). The molecule has 0 radical (unpaired) electrons. The van der Waals surface area contributed by atoms with Crippen LogP contribution < -0.4 is 5.32 Å². The molecule has 1 heteroatoms. The van der Waals surface area contributed by atoms with Crippen LogP contribution in [0.2, 0.25) is 0 Å². The second kappa shape index (κ2) is 3.48. The van der Waals surface area contributed by atoms with E-state index in [1.807, 2.05) is 0 Å². The fourth-order valence-electron chi connectivity index (χ4n) is 4.06. The average Bonchev–Trinajstić information content (AvgIpc) is 2.52. The molecule has 0 heterocycles. The first-order chi connectivity index (χ1) is 6.83. The van der Waals surface area contributed by atoms with Crippen molar-refractivity contribution >= 4 is 0 Å². The van der Waals surface area contributed by atoms with E-state index < -0.39 is 0 Å².